The van der Waals surface area contributed by atoms with E-state index in [1.165, 1.54) is 12.8 Å². The molecule has 1 atom stereocenters. The summed E-state index contributed by atoms with van der Waals surface area (Å²) in [7, 11) is 1.91. The molecule has 2 nitrogen and oxygen atoms in total. The summed E-state index contributed by atoms with van der Waals surface area (Å²) in [4.78, 5) is 0. The first-order chi connectivity index (χ1) is 6.60. The molecular formula is C8H18NOPS3. The van der Waals surface area contributed by atoms with E-state index in [0.717, 1.165) is 5.75 Å². The lowest BCUT2D eigenvalue weighted by molar-refractivity contribution is 0.369. The molecular weight excluding hydrogens is 253 g/mol. The maximum atomic E-state index is 5.65. The fourth-order valence-corrected chi connectivity index (χ4v) is 6.49. The molecule has 0 aliphatic rings. The smallest absolute Gasteiger partial charge is 0.213 e. The molecule has 0 radical (unpaired) electrons. The Bertz CT molecular complexity index is 213. The fraction of sp³-hybridized carbons (Fsp3) is 0.875. The number of thiocarbonyl (C=S) groups is 1. The van der Waals surface area contributed by atoms with E-state index in [-0.39, 0.29) is 0 Å². The molecule has 0 aromatic carbocycles. The molecule has 0 rings (SSSR count). The van der Waals surface area contributed by atoms with Gasteiger partial charge in [0.1, 0.15) is 0 Å². The summed E-state index contributed by atoms with van der Waals surface area (Å²) in [5.74, 6) is 1.06. The van der Waals surface area contributed by atoms with Gasteiger partial charge in [0.2, 0.25) is 5.62 Å². The monoisotopic (exact) mass is 271 g/mol. The molecule has 6 heteroatoms. The first-order valence-electron chi connectivity index (χ1n) is 4.68. The second kappa shape index (κ2) is 8.05. The molecule has 0 N–H and O–H groups in total. The van der Waals surface area contributed by atoms with Crippen molar-refractivity contribution in [1.82, 2.24) is 4.67 Å². The van der Waals surface area contributed by atoms with Crippen LogP contribution in [0.3, 0.4) is 0 Å². The molecule has 0 heterocycles. The van der Waals surface area contributed by atoms with E-state index in [1.54, 1.807) is 16.9 Å². The first-order valence-corrected chi connectivity index (χ1v) is 9.42. The van der Waals surface area contributed by atoms with Crippen molar-refractivity contribution in [1.29, 1.82) is 0 Å². The van der Waals surface area contributed by atoms with Gasteiger partial charge in [-0.05, 0) is 25.2 Å². The van der Waals surface area contributed by atoms with E-state index >= 15 is 0 Å². The van der Waals surface area contributed by atoms with E-state index in [9.17, 15) is 0 Å². The molecule has 0 aliphatic heterocycles. The Morgan fingerprint density at radius 3 is 2.57 bits per heavy atom. The van der Waals surface area contributed by atoms with Crippen LogP contribution in [0.4, 0.5) is 0 Å². The summed E-state index contributed by atoms with van der Waals surface area (Å²) in [6.45, 7) is 4.80. The predicted octanol–water partition coefficient (Wildman–Crippen LogP) is 3.67. The topological polar surface area (TPSA) is 12.5 Å². The van der Waals surface area contributed by atoms with Crippen LogP contribution in [0.5, 0.6) is 0 Å². The summed E-state index contributed by atoms with van der Waals surface area (Å²) in [5.41, 5.74) is -0.324. The van der Waals surface area contributed by atoms with Crippen LogP contribution in [-0.4, -0.2) is 29.6 Å². The molecule has 84 valence electrons. The molecule has 0 saturated heterocycles. The first kappa shape index (κ1) is 14.8. The van der Waals surface area contributed by atoms with Gasteiger partial charge in [0.15, 0.2) is 0 Å². The van der Waals surface area contributed by atoms with Crippen molar-refractivity contribution < 1.29 is 4.52 Å². The highest BCUT2D eigenvalue weighted by molar-refractivity contribution is 8.68. The van der Waals surface area contributed by atoms with Crippen LogP contribution in [0.2, 0.25) is 0 Å². The Morgan fingerprint density at radius 1 is 1.50 bits per heavy atom. The maximum Gasteiger partial charge on any atom is 0.213 e. The number of hydrogen-bond donors (Lipinski definition) is 0. The van der Waals surface area contributed by atoms with Gasteiger partial charge in [-0.25, -0.2) is 0 Å². The van der Waals surface area contributed by atoms with E-state index in [1.807, 2.05) is 18.6 Å². The van der Waals surface area contributed by atoms with Crippen LogP contribution < -0.4 is 0 Å². The van der Waals surface area contributed by atoms with Crippen LogP contribution in [0.1, 0.15) is 26.7 Å². The maximum absolute atomic E-state index is 5.65. The zero-order valence-corrected chi connectivity index (χ0v) is 12.3. The molecule has 0 spiro atoms. The van der Waals surface area contributed by atoms with E-state index in [4.69, 9.17) is 28.5 Å². The van der Waals surface area contributed by atoms with Gasteiger partial charge in [0, 0.05) is 12.8 Å². The van der Waals surface area contributed by atoms with Crippen LogP contribution in [0.25, 0.3) is 0 Å². The lowest BCUT2D eigenvalue weighted by Gasteiger charge is -2.28. The van der Waals surface area contributed by atoms with Crippen LogP contribution in [0.15, 0.2) is 0 Å². The quantitative estimate of drug-likeness (QED) is 0.378. The van der Waals surface area contributed by atoms with Crippen molar-refractivity contribution in [2.45, 2.75) is 26.7 Å². The van der Waals surface area contributed by atoms with Gasteiger partial charge in [-0.3, -0.25) is 0 Å². The van der Waals surface area contributed by atoms with Crippen molar-refractivity contribution >= 4 is 46.5 Å². The Kier molecular flexibility index (Phi) is 8.54. The summed E-state index contributed by atoms with van der Waals surface area (Å²) in [6, 6.07) is 0. The third kappa shape index (κ3) is 5.08. The average molecular weight is 271 g/mol. The van der Waals surface area contributed by atoms with E-state index < -0.39 is 5.62 Å². The minimum atomic E-state index is -1.92. The van der Waals surface area contributed by atoms with Crippen molar-refractivity contribution in [3.05, 3.63) is 0 Å². The Hall–Kier alpha value is 0.850. The number of hydrogen-bond acceptors (Lipinski definition) is 4. The largest absolute Gasteiger partial charge is 0.327 e. The summed E-state index contributed by atoms with van der Waals surface area (Å²) < 4.78 is 7.52. The average Bonchev–Trinajstić information content (AvgIpc) is 2.17. The van der Waals surface area contributed by atoms with Crippen LogP contribution in [-0.2, 0) is 16.3 Å². The van der Waals surface area contributed by atoms with Gasteiger partial charge in [-0.2, -0.15) is 0 Å². The van der Waals surface area contributed by atoms with E-state index in [2.05, 4.69) is 6.92 Å². The molecule has 0 aromatic heterocycles. The van der Waals surface area contributed by atoms with Gasteiger partial charge in [-0.1, -0.05) is 36.9 Å². The zero-order valence-electron chi connectivity index (χ0n) is 8.93. The highest BCUT2D eigenvalue weighted by Crippen LogP contribution is 2.61. The van der Waals surface area contributed by atoms with Crippen LogP contribution >= 0.6 is 29.2 Å². The van der Waals surface area contributed by atoms with Crippen molar-refractivity contribution in [3.63, 3.8) is 0 Å². The normalized spacial score (nSPS) is 14.8. The van der Waals surface area contributed by atoms with Crippen molar-refractivity contribution in [3.8, 4) is 0 Å². The molecule has 0 aromatic rings. The van der Waals surface area contributed by atoms with E-state index in [0.29, 0.717) is 6.61 Å². The lowest BCUT2D eigenvalue weighted by Crippen LogP contribution is -2.11. The predicted molar refractivity (Wildman–Crippen MR) is 74.7 cm³/mol. The second-order valence-corrected chi connectivity index (χ2v) is 9.89. The molecule has 1 unspecified atom stereocenters. The fourth-order valence-electron chi connectivity index (χ4n) is 0.765. The van der Waals surface area contributed by atoms with Gasteiger partial charge in [0.25, 0.3) is 0 Å². The third-order valence-electron chi connectivity index (χ3n) is 1.58. The van der Waals surface area contributed by atoms with Crippen LogP contribution in [0, 0.1) is 0 Å². The summed E-state index contributed by atoms with van der Waals surface area (Å²) >= 11 is 12.1. The number of unbranched alkanes of at least 4 members (excludes halogenated alkanes) is 1. The lowest BCUT2D eigenvalue weighted by atomic mass is 10.4. The molecule has 0 aliphatic carbocycles. The number of nitrogens with zero attached hydrogens (tertiary/aromatic N) is 1. The van der Waals surface area contributed by atoms with Gasteiger partial charge in [0.05, 0.1) is 12.1 Å². The molecule has 0 saturated carbocycles. The minimum Gasteiger partial charge on any atom is -0.327 e. The third-order valence-corrected chi connectivity index (χ3v) is 8.98. The van der Waals surface area contributed by atoms with Gasteiger partial charge < -0.3 is 9.19 Å². The molecule has 0 bridgehead atoms. The van der Waals surface area contributed by atoms with Gasteiger partial charge in [-0.15, -0.1) is 0 Å². The van der Waals surface area contributed by atoms with Crippen molar-refractivity contribution in [2.75, 3.05) is 19.4 Å². The summed E-state index contributed by atoms with van der Waals surface area (Å²) in [6.07, 6.45) is 2.37. The molecule has 0 amide bonds. The number of rotatable bonds is 8. The Labute approximate surface area is 102 Å². The van der Waals surface area contributed by atoms with Crippen molar-refractivity contribution in [2.24, 2.45) is 0 Å². The molecule has 0 fully saturated rings. The molecule has 14 heavy (non-hydrogen) atoms. The Morgan fingerprint density at radius 2 is 2.14 bits per heavy atom. The highest BCUT2D eigenvalue weighted by Gasteiger charge is 2.21. The standard InChI is InChI=1S/C8H18NOPS3/c1-4-6-7-14-11(13,10-5-2)9(3)8-12/h8H,4-7H2,1-3H3. The SMILES string of the molecule is CCCCSP(=S)(OCC)N(C)C=S. The van der Waals surface area contributed by atoms with Gasteiger partial charge >= 0.3 is 0 Å². The summed E-state index contributed by atoms with van der Waals surface area (Å²) in [5, 5.41) is 0. The Balaban J connectivity index is 4.24. The minimum absolute atomic E-state index is 0.657. The highest BCUT2D eigenvalue weighted by atomic mass is 32.9. The zero-order chi connectivity index (χ0) is 11.0. The second-order valence-electron chi connectivity index (χ2n) is 2.75.